The Morgan fingerprint density at radius 3 is 1.26 bits per heavy atom. The van der Waals surface area contributed by atoms with Crippen molar-refractivity contribution in [2.75, 3.05) is 13.2 Å². The van der Waals surface area contributed by atoms with Crippen LogP contribution in [0.5, 0.6) is 0 Å². The largest absolute Gasteiger partial charge is 0.435 e. The molecule has 0 spiro atoms. The Morgan fingerprint density at radius 2 is 1.00 bits per heavy atom. The van der Waals surface area contributed by atoms with Crippen LogP contribution in [0.25, 0.3) is 0 Å². The Bertz CT molecular complexity index is 937. The van der Waals surface area contributed by atoms with E-state index in [9.17, 15) is 9.59 Å². The van der Waals surface area contributed by atoms with Gasteiger partial charge in [-0.25, -0.2) is 9.59 Å². The molecule has 0 aromatic heterocycles. The quantitative estimate of drug-likeness (QED) is 0.0947. The molecule has 12 heteroatoms. The van der Waals surface area contributed by atoms with Crippen LogP contribution in [0.2, 0.25) is 51.4 Å². The molecule has 2 heterocycles. The van der Waals surface area contributed by atoms with Crippen LogP contribution in [-0.2, 0) is 37.4 Å². The molecule has 0 aromatic rings. The molecule has 244 valence electrons. The predicted molar refractivity (Wildman–Crippen MR) is 178 cm³/mol. The number of rotatable bonds is 12. The summed E-state index contributed by atoms with van der Waals surface area (Å²) in [7, 11) is -9.34. The number of hydrogen-bond acceptors (Lipinski definition) is 8. The summed E-state index contributed by atoms with van der Waals surface area (Å²) in [5, 5.41) is 0. The number of carbonyl (C=O) groups excluding carboxylic acids is 2. The maximum atomic E-state index is 13.3. The van der Waals surface area contributed by atoms with Gasteiger partial charge in [0, 0.05) is 12.2 Å². The first-order valence-corrected chi connectivity index (χ1v) is 29.0. The summed E-state index contributed by atoms with van der Waals surface area (Å²) in [6.45, 7) is 30.7. The van der Waals surface area contributed by atoms with Gasteiger partial charge in [0.2, 0.25) is 0 Å². The predicted octanol–water partition coefficient (Wildman–Crippen LogP) is 7.12. The lowest BCUT2D eigenvalue weighted by Gasteiger charge is -2.56. The minimum atomic E-state index is -2.40. The zero-order valence-corrected chi connectivity index (χ0v) is 33.1. The third-order valence-corrected chi connectivity index (χ3v) is 45.5. The molecule has 0 aliphatic carbocycles. The van der Waals surface area contributed by atoms with E-state index >= 15 is 0 Å². The van der Waals surface area contributed by atoms with E-state index in [1.807, 2.05) is 27.7 Å². The molecule has 2 aliphatic rings. The van der Waals surface area contributed by atoms with Crippen molar-refractivity contribution >= 4 is 42.8 Å². The first-order chi connectivity index (χ1) is 18.9. The molecule has 0 N–H and O–H groups in total. The van der Waals surface area contributed by atoms with Crippen molar-refractivity contribution in [3.05, 3.63) is 12.2 Å². The van der Waals surface area contributed by atoms with Crippen LogP contribution < -0.4 is 0 Å². The van der Waals surface area contributed by atoms with Gasteiger partial charge in [0.05, 0.1) is 24.4 Å². The molecule has 0 amide bonds. The van der Waals surface area contributed by atoms with Crippen molar-refractivity contribution in [2.45, 2.75) is 154 Å². The Hall–Kier alpha value is -0.612. The second kappa shape index (κ2) is 13.0. The summed E-state index contributed by atoms with van der Waals surface area (Å²) in [5.74, 6) is -1.24. The van der Waals surface area contributed by atoms with E-state index in [0.717, 1.165) is 37.8 Å². The second-order valence-electron chi connectivity index (χ2n) is 15.2. The lowest BCUT2D eigenvalue weighted by Crippen LogP contribution is -2.77. The van der Waals surface area contributed by atoms with E-state index < -0.39 is 53.6 Å². The van der Waals surface area contributed by atoms with E-state index in [1.165, 1.54) is 12.2 Å². The van der Waals surface area contributed by atoms with Gasteiger partial charge >= 0.3 is 11.9 Å². The van der Waals surface area contributed by atoms with E-state index in [4.69, 9.17) is 27.8 Å². The Balaban J connectivity index is 2.29. The van der Waals surface area contributed by atoms with Crippen molar-refractivity contribution in [3.63, 3.8) is 0 Å². The van der Waals surface area contributed by atoms with E-state index in [0.29, 0.717) is 13.2 Å². The van der Waals surface area contributed by atoms with Gasteiger partial charge in [0.1, 0.15) is 0 Å². The van der Waals surface area contributed by atoms with Gasteiger partial charge in [-0.05, 0) is 106 Å². The van der Waals surface area contributed by atoms with E-state index in [-0.39, 0.29) is 11.2 Å². The van der Waals surface area contributed by atoms with Crippen LogP contribution in [0.15, 0.2) is 12.2 Å². The smallest absolute Gasteiger partial charge is 0.333 e. The number of carbonyl (C=O) groups is 2. The summed E-state index contributed by atoms with van der Waals surface area (Å²) in [6.07, 6.45) is 5.71. The monoisotopic (exact) mass is 660 g/mol. The summed E-state index contributed by atoms with van der Waals surface area (Å²) in [5.41, 5.74) is -2.57. The fourth-order valence-corrected chi connectivity index (χ4v) is 32.8. The highest BCUT2D eigenvalue weighted by molar-refractivity contribution is 7.40. The Labute approximate surface area is 259 Å². The van der Waals surface area contributed by atoms with Gasteiger partial charge in [-0.3, -0.25) is 0 Å². The van der Waals surface area contributed by atoms with Crippen LogP contribution in [0.1, 0.15) is 81.1 Å². The van der Waals surface area contributed by atoms with Crippen LogP contribution in [0.3, 0.4) is 0 Å². The molecule has 2 aliphatic heterocycles. The lowest BCUT2D eigenvalue weighted by molar-refractivity contribution is -0.190. The molecule has 4 atom stereocenters. The van der Waals surface area contributed by atoms with Gasteiger partial charge < -0.3 is 27.8 Å². The van der Waals surface area contributed by atoms with Crippen LogP contribution in [-0.4, -0.2) is 78.0 Å². The van der Waals surface area contributed by atoms with Crippen LogP contribution >= 0.6 is 0 Å². The zero-order valence-electron chi connectivity index (χ0n) is 29.1. The maximum Gasteiger partial charge on any atom is 0.333 e. The summed E-state index contributed by atoms with van der Waals surface area (Å²) in [4.78, 5) is 26.6. The summed E-state index contributed by atoms with van der Waals surface area (Å²) >= 11 is 0. The van der Waals surface area contributed by atoms with Crippen LogP contribution in [0.4, 0.5) is 0 Å². The average Bonchev–Trinajstić information content (AvgIpc) is 2.84. The maximum absolute atomic E-state index is 13.3. The molecule has 2 saturated heterocycles. The van der Waals surface area contributed by atoms with Crippen molar-refractivity contribution in [2.24, 2.45) is 0 Å². The van der Waals surface area contributed by atoms with Gasteiger partial charge in [-0.2, -0.15) is 0 Å². The molecule has 2 rings (SSSR count). The van der Waals surface area contributed by atoms with Crippen molar-refractivity contribution < 1.29 is 37.4 Å². The average molecular weight is 661 g/mol. The molecular formula is C30H60O8Si4. The molecule has 0 radical (unpaired) electrons. The molecule has 42 heavy (non-hydrogen) atoms. The fourth-order valence-electron chi connectivity index (χ4n) is 6.75. The first kappa shape index (κ1) is 37.6. The fraction of sp³-hybridized carbons (Fsp3) is 0.867. The molecule has 4 unspecified atom stereocenters. The standard InChI is InChI=1S/C30H60O8Si4/c1-15-21-33-29(7,41(13)23-19-27(3,4)37-39(41,9)10)35-25(31)17-18-26(32)36-30(8,34-22-16-2)42(14)24-20-28(5,6)38-40(42,11)12/h17-18H,15-16,19-24H2,1-14H3. The van der Waals surface area contributed by atoms with Crippen molar-refractivity contribution in [1.29, 1.82) is 0 Å². The van der Waals surface area contributed by atoms with Gasteiger partial charge in [0.15, 0.2) is 41.7 Å². The first-order valence-electron chi connectivity index (χ1n) is 15.8. The highest BCUT2D eigenvalue weighted by Gasteiger charge is 2.66. The highest BCUT2D eigenvalue weighted by Crippen LogP contribution is 2.47. The molecule has 0 bridgehead atoms. The second-order valence-corrected chi connectivity index (χ2v) is 43.6. The van der Waals surface area contributed by atoms with Crippen LogP contribution in [0, 0.1) is 0 Å². The number of esters is 2. The van der Waals surface area contributed by atoms with Gasteiger partial charge in [0.25, 0.3) is 0 Å². The zero-order chi connectivity index (χ0) is 32.5. The number of ether oxygens (including phenoxy) is 4. The molecule has 8 nitrogen and oxygen atoms in total. The normalized spacial score (nSPS) is 31.1. The van der Waals surface area contributed by atoms with E-state index in [2.05, 4.69) is 67.0 Å². The topological polar surface area (TPSA) is 89.5 Å². The Morgan fingerprint density at radius 1 is 0.690 bits per heavy atom. The minimum Gasteiger partial charge on any atom is -0.435 e. The highest BCUT2D eigenvalue weighted by atomic mass is 29.3. The third kappa shape index (κ3) is 7.78. The Kier molecular flexibility index (Phi) is 11.6. The van der Waals surface area contributed by atoms with Crippen molar-refractivity contribution in [3.8, 4) is 0 Å². The molecular weight excluding hydrogens is 601 g/mol. The van der Waals surface area contributed by atoms with Gasteiger partial charge in [-0.15, -0.1) is 0 Å². The third-order valence-electron chi connectivity index (χ3n) is 10.3. The van der Waals surface area contributed by atoms with E-state index in [1.54, 1.807) is 0 Å². The summed E-state index contributed by atoms with van der Waals surface area (Å²) < 4.78 is 38.4. The number of hydrogen-bond donors (Lipinski definition) is 0. The SMILES string of the molecule is CCCOC(C)(OC(=O)C=CC(=O)OC(C)(OCCC)[Si]1(C)CCC(C)(C)O[Si]1(C)C)[Si]1(C)CCC(C)(C)O[Si]1(C)C. The molecule has 0 saturated carbocycles. The molecule has 0 aromatic carbocycles. The van der Waals surface area contributed by atoms with Crippen molar-refractivity contribution in [1.82, 2.24) is 0 Å². The summed E-state index contributed by atoms with van der Waals surface area (Å²) in [6, 6.07) is 1.88. The minimum absolute atomic E-state index is 0.204. The lowest BCUT2D eigenvalue weighted by atomic mass is 10.1. The molecule has 2 fully saturated rings. The van der Waals surface area contributed by atoms with Gasteiger partial charge in [-0.1, -0.05) is 26.9 Å².